The number of carbonyl (C=O) groups is 1. The minimum Gasteiger partial charge on any atom is -0.348 e. The van der Waals surface area contributed by atoms with E-state index in [0.717, 1.165) is 31.6 Å². The van der Waals surface area contributed by atoms with Crippen molar-refractivity contribution in [1.82, 2.24) is 10.6 Å². The Kier molecular flexibility index (Phi) is 4.03. The summed E-state index contributed by atoms with van der Waals surface area (Å²) in [5.41, 5.74) is 0.883. The van der Waals surface area contributed by atoms with Gasteiger partial charge < -0.3 is 10.6 Å². The third-order valence-electron chi connectivity index (χ3n) is 4.38. The van der Waals surface area contributed by atoms with Crippen molar-refractivity contribution in [1.29, 1.82) is 0 Å². The zero-order valence-corrected chi connectivity index (χ0v) is 12.8. The highest BCUT2D eigenvalue weighted by Gasteiger charge is 2.36. The van der Waals surface area contributed by atoms with Crippen LogP contribution in [-0.4, -0.2) is 23.7 Å². The maximum atomic E-state index is 12.6. The summed E-state index contributed by atoms with van der Waals surface area (Å²) in [5.74, 6) is 1.23. The van der Waals surface area contributed by atoms with E-state index in [1.165, 1.54) is 16.9 Å². The molecule has 3 rings (SSSR count). The van der Waals surface area contributed by atoms with Crippen LogP contribution in [0.1, 0.15) is 44.2 Å². The third-order valence-corrected chi connectivity index (χ3v) is 5.51. The fourth-order valence-corrected chi connectivity index (χ4v) is 4.18. The van der Waals surface area contributed by atoms with Gasteiger partial charge in [0.1, 0.15) is 0 Å². The van der Waals surface area contributed by atoms with Crippen molar-refractivity contribution in [2.24, 2.45) is 0 Å². The molecule has 0 radical (unpaired) electrons. The number of piperidine rings is 1. The molecule has 2 heterocycles. The summed E-state index contributed by atoms with van der Waals surface area (Å²) in [5, 5.41) is 6.66. The molecule has 1 saturated heterocycles. The summed E-state index contributed by atoms with van der Waals surface area (Å²) in [7, 11) is 0. The molecule has 0 bridgehead atoms. The first-order chi connectivity index (χ1) is 9.69. The van der Waals surface area contributed by atoms with E-state index in [4.69, 9.17) is 0 Å². The predicted molar refractivity (Wildman–Crippen MR) is 82.9 cm³/mol. The fraction of sp³-hybridized carbons (Fsp3) is 0.562. The highest BCUT2D eigenvalue weighted by Crippen LogP contribution is 2.36. The molecular weight excluding hydrogens is 268 g/mol. The number of hydrogen-bond acceptors (Lipinski definition) is 3. The Morgan fingerprint density at radius 3 is 3.05 bits per heavy atom. The Morgan fingerprint density at radius 1 is 1.40 bits per heavy atom. The van der Waals surface area contributed by atoms with Gasteiger partial charge in [0.25, 0.3) is 0 Å². The van der Waals surface area contributed by atoms with Gasteiger partial charge in [0, 0.05) is 10.6 Å². The van der Waals surface area contributed by atoms with Crippen molar-refractivity contribution in [3.63, 3.8) is 0 Å². The van der Waals surface area contributed by atoms with Crippen LogP contribution in [0, 0.1) is 0 Å². The number of hydrogen-bond donors (Lipinski definition) is 2. The minimum atomic E-state index is -0.391. The maximum absolute atomic E-state index is 12.6. The summed E-state index contributed by atoms with van der Waals surface area (Å²) in [4.78, 5) is 13.9. The first kappa shape index (κ1) is 14.0. The second-order valence-electron chi connectivity index (χ2n) is 5.92. The number of rotatable bonds is 2. The van der Waals surface area contributed by atoms with Crippen LogP contribution in [0.3, 0.4) is 0 Å². The summed E-state index contributed by atoms with van der Waals surface area (Å²) in [6.45, 7) is 2.98. The van der Waals surface area contributed by atoms with Gasteiger partial charge in [-0.1, -0.05) is 18.2 Å². The van der Waals surface area contributed by atoms with E-state index in [1.807, 2.05) is 18.7 Å². The number of thioether (sulfide) groups is 1. The average molecular weight is 290 g/mol. The van der Waals surface area contributed by atoms with Crippen LogP contribution < -0.4 is 10.6 Å². The Balaban J connectivity index is 1.74. The summed E-state index contributed by atoms with van der Waals surface area (Å²) in [6, 6.07) is 8.59. The topological polar surface area (TPSA) is 41.1 Å². The first-order valence-electron chi connectivity index (χ1n) is 7.47. The Morgan fingerprint density at radius 2 is 2.25 bits per heavy atom. The minimum absolute atomic E-state index is 0.156. The number of nitrogens with one attached hydrogen (secondary N) is 2. The van der Waals surface area contributed by atoms with E-state index in [2.05, 4.69) is 34.9 Å². The molecule has 2 unspecified atom stereocenters. The lowest BCUT2D eigenvalue weighted by atomic mass is 9.89. The van der Waals surface area contributed by atoms with E-state index in [-0.39, 0.29) is 11.9 Å². The molecule has 1 aromatic carbocycles. The zero-order valence-electron chi connectivity index (χ0n) is 11.9. The molecule has 2 atom stereocenters. The number of benzene rings is 1. The average Bonchev–Trinajstić information content (AvgIpc) is 2.48. The Labute approximate surface area is 124 Å². The van der Waals surface area contributed by atoms with Crippen LogP contribution in [0.5, 0.6) is 0 Å². The second-order valence-corrected chi connectivity index (χ2v) is 7.05. The molecule has 0 saturated carbocycles. The fourth-order valence-electron chi connectivity index (χ4n) is 3.06. The molecular formula is C16H22N2OS. The molecule has 2 aliphatic heterocycles. The molecule has 0 aliphatic carbocycles. The molecule has 108 valence electrons. The van der Waals surface area contributed by atoms with Crippen molar-refractivity contribution >= 4 is 17.7 Å². The van der Waals surface area contributed by atoms with Gasteiger partial charge in [-0.05, 0) is 50.8 Å². The van der Waals surface area contributed by atoms with Gasteiger partial charge in [-0.15, -0.1) is 11.8 Å². The van der Waals surface area contributed by atoms with Gasteiger partial charge >= 0.3 is 0 Å². The lowest BCUT2D eigenvalue weighted by Crippen LogP contribution is -2.57. The monoisotopic (exact) mass is 290 g/mol. The number of amides is 1. The van der Waals surface area contributed by atoms with Crippen LogP contribution in [0.15, 0.2) is 29.2 Å². The molecule has 3 nitrogen and oxygen atoms in total. The summed E-state index contributed by atoms with van der Waals surface area (Å²) < 4.78 is 0. The van der Waals surface area contributed by atoms with Gasteiger partial charge in [-0.25, -0.2) is 0 Å². The van der Waals surface area contributed by atoms with E-state index < -0.39 is 5.54 Å². The SMILES string of the molecule is CC1(C(=O)NC2CCSc3ccccc32)CCCCN1. The predicted octanol–water partition coefficient (Wildman–Crippen LogP) is 2.87. The summed E-state index contributed by atoms with van der Waals surface area (Å²) >= 11 is 1.89. The molecule has 20 heavy (non-hydrogen) atoms. The smallest absolute Gasteiger partial charge is 0.240 e. The van der Waals surface area contributed by atoms with Crippen molar-refractivity contribution in [3.05, 3.63) is 29.8 Å². The zero-order chi connectivity index (χ0) is 14.0. The Hall–Kier alpha value is -1.00. The van der Waals surface area contributed by atoms with Gasteiger partial charge in [0.05, 0.1) is 11.6 Å². The maximum Gasteiger partial charge on any atom is 0.240 e. The van der Waals surface area contributed by atoms with Gasteiger partial charge in [-0.3, -0.25) is 4.79 Å². The largest absolute Gasteiger partial charge is 0.348 e. The standard InChI is InChI=1S/C16H22N2OS/c1-16(9-4-5-10-17-16)15(19)18-13-8-11-20-14-7-3-2-6-12(13)14/h2-3,6-7,13,17H,4-5,8-11H2,1H3,(H,18,19). The lowest BCUT2D eigenvalue weighted by molar-refractivity contribution is -0.128. The second kappa shape index (κ2) is 5.78. The van der Waals surface area contributed by atoms with E-state index in [9.17, 15) is 4.79 Å². The van der Waals surface area contributed by atoms with E-state index in [1.54, 1.807) is 0 Å². The molecule has 0 spiro atoms. The van der Waals surface area contributed by atoms with Crippen LogP contribution in [-0.2, 0) is 4.79 Å². The van der Waals surface area contributed by atoms with Crippen LogP contribution in [0.25, 0.3) is 0 Å². The van der Waals surface area contributed by atoms with Crippen molar-refractivity contribution in [2.45, 2.75) is 49.1 Å². The number of carbonyl (C=O) groups excluding carboxylic acids is 1. The normalized spacial score (nSPS) is 29.6. The lowest BCUT2D eigenvalue weighted by Gasteiger charge is -2.36. The van der Waals surface area contributed by atoms with Crippen LogP contribution in [0.2, 0.25) is 0 Å². The first-order valence-corrected chi connectivity index (χ1v) is 8.45. The third kappa shape index (κ3) is 2.72. The van der Waals surface area contributed by atoms with Crippen molar-refractivity contribution < 1.29 is 4.79 Å². The van der Waals surface area contributed by atoms with Gasteiger partial charge in [0.2, 0.25) is 5.91 Å². The molecule has 2 aliphatic rings. The molecule has 1 aromatic rings. The molecule has 0 aromatic heterocycles. The van der Waals surface area contributed by atoms with Crippen LogP contribution >= 0.6 is 11.8 Å². The number of fused-ring (bicyclic) bond motifs is 1. The highest BCUT2D eigenvalue weighted by atomic mass is 32.2. The highest BCUT2D eigenvalue weighted by molar-refractivity contribution is 7.99. The Bertz CT molecular complexity index is 497. The van der Waals surface area contributed by atoms with Crippen LogP contribution in [0.4, 0.5) is 0 Å². The van der Waals surface area contributed by atoms with Crippen molar-refractivity contribution in [2.75, 3.05) is 12.3 Å². The molecule has 1 fully saturated rings. The molecule has 4 heteroatoms. The summed E-state index contributed by atoms with van der Waals surface area (Å²) in [6.07, 6.45) is 4.26. The van der Waals surface area contributed by atoms with Crippen molar-refractivity contribution in [3.8, 4) is 0 Å². The molecule has 1 amide bonds. The quantitative estimate of drug-likeness (QED) is 0.880. The molecule has 2 N–H and O–H groups in total. The van der Waals surface area contributed by atoms with Gasteiger partial charge in [0.15, 0.2) is 0 Å². The van der Waals surface area contributed by atoms with E-state index >= 15 is 0 Å². The van der Waals surface area contributed by atoms with E-state index in [0.29, 0.717) is 0 Å². The van der Waals surface area contributed by atoms with Gasteiger partial charge in [-0.2, -0.15) is 0 Å².